The van der Waals surface area contributed by atoms with Crippen LogP contribution < -0.4 is 20.1 Å². The van der Waals surface area contributed by atoms with Crippen molar-refractivity contribution in [3.63, 3.8) is 0 Å². The minimum atomic E-state index is -0.694. The van der Waals surface area contributed by atoms with Crippen LogP contribution in [0, 0.1) is 0 Å². The van der Waals surface area contributed by atoms with Crippen LogP contribution in [0.25, 0.3) is 0 Å². The lowest BCUT2D eigenvalue weighted by Crippen LogP contribution is -2.45. The van der Waals surface area contributed by atoms with E-state index in [2.05, 4.69) is 10.6 Å². The van der Waals surface area contributed by atoms with Gasteiger partial charge in [0, 0.05) is 0 Å². The van der Waals surface area contributed by atoms with Gasteiger partial charge in [-0.1, -0.05) is 6.07 Å². The van der Waals surface area contributed by atoms with E-state index in [0.29, 0.717) is 17.1 Å². The first-order valence-electron chi connectivity index (χ1n) is 8.79. The van der Waals surface area contributed by atoms with Gasteiger partial charge in [-0.25, -0.2) is 0 Å². The summed E-state index contributed by atoms with van der Waals surface area (Å²) in [6, 6.07) is 6.10. The molecule has 0 radical (unpaired) electrons. The molecule has 0 aliphatic rings. The van der Waals surface area contributed by atoms with E-state index in [-0.39, 0.29) is 24.0 Å². The molecule has 1 heterocycles. The van der Waals surface area contributed by atoms with Gasteiger partial charge in [0.1, 0.15) is 12.3 Å². The maximum absolute atomic E-state index is 12.4. The number of furan rings is 1. The molecule has 7 heteroatoms. The van der Waals surface area contributed by atoms with Crippen molar-refractivity contribution in [3.8, 4) is 11.5 Å². The third kappa shape index (κ3) is 5.51. The molecule has 0 bridgehead atoms. The molecule has 2 amide bonds. The minimum absolute atomic E-state index is 0.0292. The highest BCUT2D eigenvalue weighted by molar-refractivity contribution is 5.97. The Balaban J connectivity index is 1.99. The lowest BCUT2D eigenvalue weighted by Gasteiger charge is -2.20. The normalized spacial score (nSPS) is 13.0. The Hall–Kier alpha value is -2.96. The number of hydrogen-bond acceptors (Lipinski definition) is 5. The number of carbonyl (C=O) groups excluding carboxylic acids is 2. The molecule has 2 unspecified atom stereocenters. The van der Waals surface area contributed by atoms with Gasteiger partial charge >= 0.3 is 0 Å². The van der Waals surface area contributed by atoms with E-state index in [1.807, 2.05) is 39.0 Å². The van der Waals surface area contributed by atoms with Crippen LogP contribution in [0.5, 0.6) is 11.5 Å². The van der Waals surface area contributed by atoms with E-state index in [9.17, 15) is 9.59 Å². The van der Waals surface area contributed by atoms with Crippen molar-refractivity contribution in [2.45, 2.75) is 45.9 Å². The molecule has 2 aromatic rings. The maximum atomic E-state index is 12.4. The SMILES string of the molecule is COc1cc(C(C)NC(=O)C(C)NC(=O)c2ccoc2)ccc1OC(C)C. The smallest absolute Gasteiger partial charge is 0.255 e. The van der Waals surface area contributed by atoms with Gasteiger partial charge in [0.05, 0.1) is 31.1 Å². The summed E-state index contributed by atoms with van der Waals surface area (Å²) in [5, 5.41) is 5.52. The number of nitrogens with one attached hydrogen (secondary N) is 2. The predicted molar refractivity (Wildman–Crippen MR) is 101 cm³/mol. The van der Waals surface area contributed by atoms with Crippen LogP contribution in [0.2, 0.25) is 0 Å². The second kappa shape index (κ2) is 9.12. The number of methoxy groups -OCH3 is 1. The van der Waals surface area contributed by atoms with E-state index in [0.717, 1.165) is 5.56 Å². The first-order chi connectivity index (χ1) is 12.8. The lowest BCUT2D eigenvalue weighted by molar-refractivity contribution is -0.123. The van der Waals surface area contributed by atoms with Crippen molar-refractivity contribution in [1.82, 2.24) is 10.6 Å². The topological polar surface area (TPSA) is 89.8 Å². The summed E-state index contributed by atoms with van der Waals surface area (Å²) < 4.78 is 16.0. The molecule has 0 saturated carbocycles. The number of hydrogen-bond donors (Lipinski definition) is 2. The van der Waals surface area contributed by atoms with Crippen LogP contribution in [0.15, 0.2) is 41.2 Å². The fourth-order valence-electron chi connectivity index (χ4n) is 2.47. The highest BCUT2D eigenvalue weighted by Crippen LogP contribution is 2.31. The van der Waals surface area contributed by atoms with Crippen molar-refractivity contribution in [1.29, 1.82) is 0 Å². The first kappa shape index (κ1) is 20.4. The van der Waals surface area contributed by atoms with E-state index >= 15 is 0 Å². The van der Waals surface area contributed by atoms with E-state index < -0.39 is 6.04 Å². The molecule has 0 aliphatic heterocycles. The molecule has 27 heavy (non-hydrogen) atoms. The molecule has 7 nitrogen and oxygen atoms in total. The maximum Gasteiger partial charge on any atom is 0.255 e. The number of carbonyl (C=O) groups is 2. The lowest BCUT2D eigenvalue weighted by atomic mass is 10.1. The molecular weight excluding hydrogens is 348 g/mol. The van der Waals surface area contributed by atoms with Crippen LogP contribution in [0.4, 0.5) is 0 Å². The quantitative estimate of drug-likeness (QED) is 0.741. The molecule has 1 aromatic carbocycles. The zero-order chi connectivity index (χ0) is 20.0. The largest absolute Gasteiger partial charge is 0.493 e. The Morgan fingerprint density at radius 3 is 2.37 bits per heavy atom. The molecule has 2 atom stereocenters. The van der Waals surface area contributed by atoms with Crippen molar-refractivity contribution < 1.29 is 23.5 Å². The van der Waals surface area contributed by atoms with Crippen LogP contribution in [-0.2, 0) is 4.79 Å². The van der Waals surface area contributed by atoms with Crippen LogP contribution in [0.1, 0.15) is 49.7 Å². The molecule has 2 rings (SSSR count). The third-order valence-electron chi connectivity index (χ3n) is 3.93. The summed E-state index contributed by atoms with van der Waals surface area (Å²) in [6.45, 7) is 7.37. The minimum Gasteiger partial charge on any atom is -0.493 e. The zero-order valence-electron chi connectivity index (χ0n) is 16.2. The van der Waals surface area contributed by atoms with Gasteiger partial charge < -0.3 is 24.5 Å². The number of ether oxygens (including phenoxy) is 2. The standard InChI is InChI=1S/C20H26N2O5/c1-12(2)27-17-7-6-15(10-18(17)25-5)13(3)21-19(23)14(4)22-20(24)16-8-9-26-11-16/h6-14H,1-5H3,(H,21,23)(H,22,24). The van der Waals surface area contributed by atoms with Gasteiger partial charge in [-0.3, -0.25) is 9.59 Å². The van der Waals surface area contributed by atoms with Crippen molar-refractivity contribution in [2.24, 2.45) is 0 Å². The Morgan fingerprint density at radius 2 is 1.78 bits per heavy atom. The van der Waals surface area contributed by atoms with Crippen LogP contribution >= 0.6 is 0 Å². The van der Waals surface area contributed by atoms with Crippen LogP contribution in [0.3, 0.4) is 0 Å². The zero-order valence-corrected chi connectivity index (χ0v) is 16.2. The van der Waals surface area contributed by atoms with Crippen molar-refractivity contribution in [2.75, 3.05) is 7.11 Å². The van der Waals surface area contributed by atoms with Gasteiger partial charge in [0.25, 0.3) is 5.91 Å². The van der Waals surface area contributed by atoms with Gasteiger partial charge in [-0.2, -0.15) is 0 Å². The second-order valence-corrected chi connectivity index (χ2v) is 6.51. The summed E-state index contributed by atoms with van der Waals surface area (Å²) in [4.78, 5) is 24.4. The molecule has 0 fully saturated rings. The highest BCUT2D eigenvalue weighted by Gasteiger charge is 2.20. The summed E-state index contributed by atoms with van der Waals surface area (Å²) >= 11 is 0. The Kier molecular flexibility index (Phi) is 6.87. The average molecular weight is 374 g/mol. The fraction of sp³-hybridized carbons (Fsp3) is 0.400. The molecule has 2 N–H and O–H groups in total. The summed E-state index contributed by atoms with van der Waals surface area (Å²) in [5.41, 5.74) is 1.23. The van der Waals surface area contributed by atoms with Crippen LogP contribution in [-0.4, -0.2) is 31.1 Å². The predicted octanol–water partition coefficient (Wildman–Crippen LogP) is 3.07. The summed E-state index contributed by atoms with van der Waals surface area (Å²) in [7, 11) is 1.57. The summed E-state index contributed by atoms with van der Waals surface area (Å²) in [5.74, 6) is 0.593. The first-order valence-corrected chi connectivity index (χ1v) is 8.79. The molecular formula is C20H26N2O5. The third-order valence-corrected chi connectivity index (χ3v) is 3.93. The van der Waals surface area contributed by atoms with Crippen molar-refractivity contribution >= 4 is 11.8 Å². The van der Waals surface area contributed by atoms with E-state index in [1.165, 1.54) is 18.6 Å². The van der Waals surface area contributed by atoms with Gasteiger partial charge in [-0.05, 0) is 51.5 Å². The van der Waals surface area contributed by atoms with Gasteiger partial charge in [-0.15, -0.1) is 0 Å². The number of benzene rings is 1. The van der Waals surface area contributed by atoms with Gasteiger partial charge in [0.2, 0.25) is 5.91 Å². The Morgan fingerprint density at radius 1 is 1.04 bits per heavy atom. The Labute approximate surface area is 159 Å². The van der Waals surface area contributed by atoms with Crippen molar-refractivity contribution in [3.05, 3.63) is 47.9 Å². The molecule has 1 aromatic heterocycles. The monoisotopic (exact) mass is 374 g/mol. The second-order valence-electron chi connectivity index (χ2n) is 6.51. The van der Waals surface area contributed by atoms with E-state index in [4.69, 9.17) is 13.9 Å². The number of rotatable bonds is 8. The summed E-state index contributed by atoms with van der Waals surface area (Å²) in [6.07, 6.45) is 2.76. The highest BCUT2D eigenvalue weighted by atomic mass is 16.5. The van der Waals surface area contributed by atoms with Gasteiger partial charge in [0.15, 0.2) is 11.5 Å². The number of amides is 2. The van der Waals surface area contributed by atoms with E-state index in [1.54, 1.807) is 14.0 Å². The molecule has 0 aliphatic carbocycles. The molecule has 146 valence electrons. The Bertz CT molecular complexity index is 771. The molecule has 0 spiro atoms. The molecule has 0 saturated heterocycles. The fourth-order valence-corrected chi connectivity index (χ4v) is 2.47. The average Bonchev–Trinajstić information content (AvgIpc) is 3.16.